The van der Waals surface area contributed by atoms with Crippen molar-refractivity contribution in [3.8, 4) is 0 Å². The summed E-state index contributed by atoms with van der Waals surface area (Å²) in [6.45, 7) is 7.86. The maximum atomic E-state index is 12.8. The molecule has 0 bridgehead atoms. The van der Waals surface area contributed by atoms with Gasteiger partial charge in [-0.1, -0.05) is 81.4 Å². The van der Waals surface area contributed by atoms with E-state index in [2.05, 4.69) is 50.0 Å². The highest BCUT2D eigenvalue weighted by molar-refractivity contribution is 6.99. The van der Waals surface area contributed by atoms with Crippen molar-refractivity contribution >= 4 is 30.4 Å². The van der Waals surface area contributed by atoms with Crippen molar-refractivity contribution < 1.29 is 23.5 Å². The zero-order valence-electron chi connectivity index (χ0n) is 22.3. The van der Waals surface area contributed by atoms with E-state index in [1.54, 1.807) is 0 Å². The van der Waals surface area contributed by atoms with Gasteiger partial charge >= 0.3 is 11.7 Å². The van der Waals surface area contributed by atoms with Gasteiger partial charge in [-0.3, -0.25) is 23.9 Å². The number of aromatic amines is 1. The minimum atomic E-state index is -2.94. The number of carbonyl (C=O) groups excluding carboxylic acids is 2. The molecule has 5 rings (SSSR count). The minimum absolute atomic E-state index is 0.0704. The van der Waals surface area contributed by atoms with E-state index in [0.29, 0.717) is 0 Å². The fourth-order valence-electron chi connectivity index (χ4n) is 6.05. The number of carbonyl (C=O) groups is 2. The van der Waals surface area contributed by atoms with Crippen LogP contribution in [0.4, 0.5) is 0 Å². The van der Waals surface area contributed by atoms with Crippen molar-refractivity contribution in [1.82, 2.24) is 9.55 Å². The zero-order chi connectivity index (χ0) is 27.9. The van der Waals surface area contributed by atoms with E-state index >= 15 is 0 Å². The molecule has 9 nitrogen and oxygen atoms in total. The lowest BCUT2D eigenvalue weighted by Gasteiger charge is -2.43. The van der Waals surface area contributed by atoms with Gasteiger partial charge in [-0.05, 0) is 22.3 Å². The van der Waals surface area contributed by atoms with Crippen LogP contribution in [0.15, 0.2) is 82.5 Å². The molecule has 2 saturated heterocycles. The first kappa shape index (κ1) is 27.0. The standard InChI is InChI=1S/C29H32N2O7Si/c1-18(32)23-24-25(38-27(23)34)21(37-26(24)31-16-15-22(33)30-28(31)35)17-36-39(29(2,3)4,19-11-7-5-8-12-19)20-13-9-6-10-14-20/h5-16,21,23-26H,17H2,1-4H3,(H,30,33,35)/t21-,23-,24-,25-,26-/m1/s1. The Balaban J connectivity index is 1.56. The average molecular weight is 549 g/mol. The second-order valence-corrected chi connectivity index (χ2v) is 15.4. The summed E-state index contributed by atoms with van der Waals surface area (Å²) in [5.74, 6) is -2.84. The van der Waals surface area contributed by atoms with Crippen LogP contribution in [0.1, 0.15) is 33.9 Å². The number of nitrogens with zero attached hydrogens (tertiary/aromatic N) is 1. The Hall–Kier alpha value is -3.60. The molecule has 2 aliphatic rings. The molecule has 0 saturated carbocycles. The second kappa shape index (κ2) is 10.2. The molecule has 2 fully saturated rings. The molecular formula is C29H32N2O7Si. The summed E-state index contributed by atoms with van der Waals surface area (Å²) in [6.07, 6.45) is -1.22. The third-order valence-corrected chi connectivity index (χ3v) is 12.7. The van der Waals surface area contributed by atoms with Gasteiger partial charge in [0, 0.05) is 12.3 Å². The SMILES string of the molecule is CC(=O)[C@H]1C(=O)O[C@H]2[C@@H]1[C@H](n1ccc(=O)[nH]c1=O)O[C@@H]2CO[Si](c1ccccc1)(c1ccccc1)C(C)(C)C. The van der Waals surface area contributed by atoms with Gasteiger partial charge in [0.05, 0.1) is 12.5 Å². The van der Waals surface area contributed by atoms with Crippen LogP contribution in [-0.2, 0) is 23.5 Å². The molecule has 2 aliphatic heterocycles. The molecule has 204 valence electrons. The number of benzene rings is 2. The van der Waals surface area contributed by atoms with E-state index in [9.17, 15) is 19.2 Å². The first-order chi connectivity index (χ1) is 18.5. The Kier molecular flexibility index (Phi) is 7.04. The first-order valence-corrected chi connectivity index (χ1v) is 14.9. The van der Waals surface area contributed by atoms with Gasteiger partial charge in [-0.2, -0.15) is 0 Å². The highest BCUT2D eigenvalue weighted by atomic mass is 28.4. The number of aromatic nitrogens is 2. The van der Waals surface area contributed by atoms with Gasteiger partial charge in [0.25, 0.3) is 13.9 Å². The van der Waals surface area contributed by atoms with Crippen molar-refractivity contribution in [1.29, 1.82) is 0 Å². The van der Waals surface area contributed by atoms with Crippen molar-refractivity contribution in [3.05, 3.63) is 93.8 Å². The van der Waals surface area contributed by atoms with Crippen LogP contribution in [-0.4, -0.2) is 48.4 Å². The lowest BCUT2D eigenvalue weighted by atomic mass is 9.86. The Bertz CT molecular complexity index is 1440. The number of ketones is 1. The molecule has 3 aromatic rings. The van der Waals surface area contributed by atoms with Crippen molar-refractivity contribution in [2.24, 2.45) is 11.8 Å². The maximum Gasteiger partial charge on any atom is 0.330 e. The fraction of sp³-hybridized carbons (Fsp3) is 0.379. The van der Waals surface area contributed by atoms with Crippen LogP contribution in [0.25, 0.3) is 0 Å². The zero-order valence-corrected chi connectivity index (χ0v) is 23.3. The lowest BCUT2D eigenvalue weighted by Crippen LogP contribution is -2.67. The number of rotatable bonds is 7. The van der Waals surface area contributed by atoms with E-state index < -0.39 is 55.8 Å². The molecule has 0 amide bonds. The number of fused-ring (bicyclic) bond motifs is 1. The molecule has 5 atom stereocenters. The summed E-state index contributed by atoms with van der Waals surface area (Å²) >= 11 is 0. The van der Waals surface area contributed by atoms with Gasteiger partial charge in [0.1, 0.15) is 30.1 Å². The van der Waals surface area contributed by atoms with Crippen LogP contribution in [0, 0.1) is 11.8 Å². The Morgan fingerprint density at radius 1 is 0.974 bits per heavy atom. The quantitative estimate of drug-likeness (QED) is 0.272. The minimum Gasteiger partial charge on any atom is -0.458 e. The van der Waals surface area contributed by atoms with E-state index in [1.807, 2.05) is 36.4 Å². The van der Waals surface area contributed by atoms with Crippen molar-refractivity contribution in [2.45, 2.75) is 51.2 Å². The number of esters is 1. The molecule has 0 aliphatic carbocycles. The molecule has 0 spiro atoms. The molecule has 2 aromatic carbocycles. The highest BCUT2D eigenvalue weighted by Gasteiger charge is 2.61. The molecule has 10 heteroatoms. The Morgan fingerprint density at radius 3 is 2.08 bits per heavy atom. The molecule has 39 heavy (non-hydrogen) atoms. The topological polar surface area (TPSA) is 117 Å². The summed E-state index contributed by atoms with van der Waals surface area (Å²) < 4.78 is 20.3. The van der Waals surface area contributed by atoms with Gasteiger partial charge < -0.3 is 13.9 Å². The largest absolute Gasteiger partial charge is 0.458 e. The predicted molar refractivity (Wildman–Crippen MR) is 146 cm³/mol. The number of hydrogen-bond donors (Lipinski definition) is 1. The maximum absolute atomic E-state index is 12.8. The van der Waals surface area contributed by atoms with Crippen LogP contribution < -0.4 is 21.6 Å². The van der Waals surface area contributed by atoms with Crippen molar-refractivity contribution in [2.75, 3.05) is 6.61 Å². The smallest absolute Gasteiger partial charge is 0.330 e. The third-order valence-electron chi connectivity index (χ3n) is 7.72. The number of hydrogen-bond acceptors (Lipinski definition) is 7. The molecular weight excluding hydrogens is 516 g/mol. The monoisotopic (exact) mass is 548 g/mol. The molecule has 3 heterocycles. The summed E-state index contributed by atoms with van der Waals surface area (Å²) in [7, 11) is -2.94. The van der Waals surface area contributed by atoms with Crippen LogP contribution in [0.3, 0.4) is 0 Å². The number of Topliss-reactive ketones (excluding diaryl/α,β-unsaturated/α-hetero) is 1. The van der Waals surface area contributed by atoms with Crippen molar-refractivity contribution in [3.63, 3.8) is 0 Å². The van der Waals surface area contributed by atoms with E-state index in [1.165, 1.54) is 23.8 Å². The Labute approximate surface area is 226 Å². The normalized spacial score (nSPS) is 24.8. The van der Waals surface area contributed by atoms with E-state index in [4.69, 9.17) is 13.9 Å². The Morgan fingerprint density at radius 2 is 1.56 bits per heavy atom. The molecule has 0 radical (unpaired) electrons. The first-order valence-electron chi connectivity index (χ1n) is 13.0. The van der Waals surface area contributed by atoms with Gasteiger partial charge in [0.2, 0.25) is 0 Å². The van der Waals surface area contributed by atoms with Crippen LogP contribution >= 0.6 is 0 Å². The van der Waals surface area contributed by atoms with E-state index in [-0.39, 0.29) is 17.4 Å². The molecule has 0 unspecified atom stereocenters. The summed E-state index contributed by atoms with van der Waals surface area (Å²) in [5, 5.41) is 1.87. The number of H-pyrrole nitrogens is 1. The fourth-order valence-corrected chi connectivity index (χ4v) is 10.6. The predicted octanol–water partition coefficient (Wildman–Crippen LogP) is 1.76. The lowest BCUT2D eigenvalue weighted by molar-refractivity contribution is -0.153. The third kappa shape index (κ3) is 4.62. The summed E-state index contributed by atoms with van der Waals surface area (Å²) in [4.78, 5) is 51.9. The summed E-state index contributed by atoms with van der Waals surface area (Å²) in [5.41, 5.74) is -1.25. The van der Waals surface area contributed by atoms with Gasteiger partial charge in [-0.25, -0.2) is 4.79 Å². The second-order valence-electron chi connectivity index (χ2n) is 11.1. The molecule has 1 aromatic heterocycles. The van der Waals surface area contributed by atoms with Gasteiger partial charge in [0.15, 0.2) is 0 Å². The van der Waals surface area contributed by atoms with Crippen LogP contribution in [0.2, 0.25) is 5.04 Å². The summed E-state index contributed by atoms with van der Waals surface area (Å²) in [6, 6.07) is 21.4. The van der Waals surface area contributed by atoms with E-state index in [0.717, 1.165) is 10.4 Å². The number of ether oxygens (including phenoxy) is 2. The average Bonchev–Trinajstić information content (AvgIpc) is 3.40. The molecule has 1 N–H and O–H groups in total. The van der Waals surface area contributed by atoms with Gasteiger partial charge in [-0.15, -0.1) is 0 Å². The number of nitrogens with one attached hydrogen (secondary N) is 1. The van der Waals surface area contributed by atoms with Crippen LogP contribution in [0.5, 0.6) is 0 Å². The highest BCUT2D eigenvalue weighted by Crippen LogP contribution is 2.47.